The van der Waals surface area contributed by atoms with E-state index in [9.17, 15) is 4.79 Å². The second-order valence-corrected chi connectivity index (χ2v) is 7.73. The van der Waals surface area contributed by atoms with Crippen molar-refractivity contribution in [1.29, 1.82) is 0 Å². The van der Waals surface area contributed by atoms with E-state index in [1.165, 1.54) is 11.8 Å². The number of carbonyl (C=O) groups excluding carboxylic acids is 1. The molecule has 0 spiro atoms. The van der Waals surface area contributed by atoms with Crippen LogP contribution in [0.3, 0.4) is 0 Å². The zero-order valence-corrected chi connectivity index (χ0v) is 17.7. The van der Waals surface area contributed by atoms with Crippen LogP contribution in [0.15, 0.2) is 50.8 Å². The molecule has 1 aliphatic rings. The van der Waals surface area contributed by atoms with Gasteiger partial charge in [0.25, 0.3) is 5.91 Å². The van der Waals surface area contributed by atoms with Crippen molar-refractivity contribution in [3.63, 3.8) is 0 Å². The summed E-state index contributed by atoms with van der Waals surface area (Å²) in [5, 5.41) is 3.33. The molecule has 2 aromatic carbocycles. The van der Waals surface area contributed by atoms with E-state index in [4.69, 9.17) is 15.9 Å². The van der Waals surface area contributed by atoms with Crippen LogP contribution < -0.4 is 14.8 Å². The molecule has 5 nitrogen and oxygen atoms in total. The SMILES string of the molecule is C#CCOc1c(Br)cc(/C=C2\SC(=Nc3cccc(C)c3)NC2=O)cc1OC. The summed E-state index contributed by atoms with van der Waals surface area (Å²) in [6, 6.07) is 11.4. The lowest BCUT2D eigenvalue weighted by molar-refractivity contribution is -0.115. The van der Waals surface area contributed by atoms with Crippen molar-refractivity contribution in [2.75, 3.05) is 13.7 Å². The summed E-state index contributed by atoms with van der Waals surface area (Å²) in [5.74, 6) is 3.27. The van der Waals surface area contributed by atoms with Crippen LogP contribution in [0.25, 0.3) is 6.08 Å². The van der Waals surface area contributed by atoms with Crippen molar-refractivity contribution in [1.82, 2.24) is 5.32 Å². The van der Waals surface area contributed by atoms with Gasteiger partial charge in [-0.25, -0.2) is 4.99 Å². The molecule has 1 saturated heterocycles. The van der Waals surface area contributed by atoms with Crippen molar-refractivity contribution in [2.24, 2.45) is 4.99 Å². The first-order valence-electron chi connectivity index (χ1n) is 8.30. The lowest BCUT2D eigenvalue weighted by atomic mass is 10.2. The Balaban J connectivity index is 1.86. The maximum atomic E-state index is 12.3. The van der Waals surface area contributed by atoms with Gasteiger partial charge in [0, 0.05) is 0 Å². The van der Waals surface area contributed by atoms with E-state index in [1.807, 2.05) is 37.3 Å². The Kier molecular flexibility index (Phi) is 6.45. The smallest absolute Gasteiger partial charge is 0.264 e. The van der Waals surface area contributed by atoms with Crippen molar-refractivity contribution < 1.29 is 14.3 Å². The van der Waals surface area contributed by atoms with Crippen molar-refractivity contribution >= 4 is 50.5 Å². The molecule has 0 aliphatic carbocycles. The molecule has 1 aliphatic heterocycles. The second kappa shape index (κ2) is 9.00. The summed E-state index contributed by atoms with van der Waals surface area (Å²) >= 11 is 4.75. The van der Waals surface area contributed by atoms with Crippen molar-refractivity contribution in [2.45, 2.75) is 6.92 Å². The predicted octanol–water partition coefficient (Wildman–Crippen LogP) is 4.67. The zero-order valence-electron chi connectivity index (χ0n) is 15.3. The minimum absolute atomic E-state index is 0.131. The van der Waals surface area contributed by atoms with Crippen LogP contribution in [0, 0.1) is 19.3 Å². The first-order chi connectivity index (χ1) is 13.5. The molecule has 7 heteroatoms. The fourth-order valence-electron chi connectivity index (χ4n) is 2.52. The molecule has 1 amide bonds. The van der Waals surface area contributed by atoms with E-state index in [-0.39, 0.29) is 12.5 Å². The van der Waals surface area contributed by atoms with Gasteiger partial charge in [0.05, 0.1) is 22.2 Å². The van der Waals surface area contributed by atoms with Gasteiger partial charge in [-0.15, -0.1) is 6.42 Å². The van der Waals surface area contributed by atoms with Crippen LogP contribution in [0.1, 0.15) is 11.1 Å². The average Bonchev–Trinajstić information content (AvgIpc) is 2.99. The maximum absolute atomic E-state index is 12.3. The number of terminal acetylenes is 1. The number of nitrogens with one attached hydrogen (secondary N) is 1. The zero-order chi connectivity index (χ0) is 20.1. The monoisotopic (exact) mass is 456 g/mol. The van der Waals surface area contributed by atoms with Gasteiger partial charge in [0.15, 0.2) is 16.7 Å². The molecule has 3 rings (SSSR count). The first-order valence-corrected chi connectivity index (χ1v) is 9.91. The average molecular weight is 457 g/mol. The van der Waals surface area contributed by atoms with Gasteiger partial charge in [0.2, 0.25) is 0 Å². The third-order valence-corrected chi connectivity index (χ3v) is 5.23. The summed E-state index contributed by atoms with van der Waals surface area (Å²) in [6.07, 6.45) is 7.02. The predicted molar refractivity (Wildman–Crippen MR) is 117 cm³/mol. The van der Waals surface area contributed by atoms with Crippen LogP contribution in [0.5, 0.6) is 11.5 Å². The normalized spacial score (nSPS) is 16.1. The Bertz CT molecular complexity index is 1020. The standard InChI is InChI=1S/C21H17BrN2O3S/c1-4-8-27-19-16(22)10-14(11-17(19)26-3)12-18-20(25)24-21(28-18)23-15-7-5-6-13(2)9-15/h1,5-7,9-12H,8H2,2-3H3,(H,23,24,25)/b18-12-. The molecular formula is C21H17BrN2O3S. The highest BCUT2D eigenvalue weighted by atomic mass is 79.9. The second-order valence-electron chi connectivity index (χ2n) is 5.85. The van der Waals surface area contributed by atoms with Gasteiger partial charge in [0.1, 0.15) is 6.61 Å². The third-order valence-electron chi connectivity index (χ3n) is 3.73. The summed E-state index contributed by atoms with van der Waals surface area (Å²) in [5.41, 5.74) is 2.69. The number of thioether (sulfide) groups is 1. The summed E-state index contributed by atoms with van der Waals surface area (Å²) in [4.78, 5) is 17.4. The van der Waals surface area contributed by atoms with Crippen molar-refractivity contribution in [3.8, 4) is 23.8 Å². The van der Waals surface area contributed by atoms with Gasteiger partial charge in [-0.05, 0) is 76.1 Å². The van der Waals surface area contributed by atoms with Gasteiger partial charge < -0.3 is 14.8 Å². The minimum atomic E-state index is -0.195. The number of amides is 1. The Hall–Kier alpha value is -2.69. The van der Waals surface area contributed by atoms with Gasteiger partial charge >= 0.3 is 0 Å². The highest BCUT2D eigenvalue weighted by molar-refractivity contribution is 9.10. The molecule has 0 aromatic heterocycles. The van der Waals surface area contributed by atoms with Crippen LogP contribution in [0.2, 0.25) is 0 Å². The van der Waals surface area contributed by atoms with E-state index >= 15 is 0 Å². The fourth-order valence-corrected chi connectivity index (χ4v) is 3.94. The number of hydrogen-bond acceptors (Lipinski definition) is 5. The Labute approximate surface area is 176 Å². The molecule has 1 fully saturated rings. The van der Waals surface area contributed by atoms with Gasteiger partial charge in [-0.3, -0.25) is 4.79 Å². The van der Waals surface area contributed by atoms with Gasteiger partial charge in [-0.1, -0.05) is 18.1 Å². The number of aryl methyl sites for hydroxylation is 1. The quantitative estimate of drug-likeness (QED) is 0.524. The Morgan fingerprint density at radius 3 is 2.89 bits per heavy atom. The first kappa shape index (κ1) is 20.1. The minimum Gasteiger partial charge on any atom is -0.493 e. The maximum Gasteiger partial charge on any atom is 0.264 e. The summed E-state index contributed by atoms with van der Waals surface area (Å²) in [7, 11) is 1.55. The number of carbonyl (C=O) groups is 1. The number of hydrogen-bond donors (Lipinski definition) is 1. The topological polar surface area (TPSA) is 59.9 Å². The van der Waals surface area contributed by atoms with Crippen molar-refractivity contribution in [3.05, 3.63) is 56.9 Å². The molecule has 0 atom stereocenters. The van der Waals surface area contributed by atoms with Gasteiger partial charge in [-0.2, -0.15) is 0 Å². The van der Waals surface area contributed by atoms with Crippen LogP contribution in [-0.2, 0) is 4.79 Å². The molecule has 2 aromatic rings. The van der Waals surface area contributed by atoms with Crippen LogP contribution >= 0.6 is 27.7 Å². The fraction of sp³-hybridized carbons (Fsp3) is 0.143. The third kappa shape index (κ3) is 4.77. The number of rotatable bonds is 5. The lowest BCUT2D eigenvalue weighted by Gasteiger charge is -2.12. The molecule has 1 heterocycles. The number of amidine groups is 1. The molecule has 1 N–H and O–H groups in total. The number of benzene rings is 2. The van der Waals surface area contributed by atoms with E-state index in [1.54, 1.807) is 19.3 Å². The molecule has 0 unspecified atom stereocenters. The largest absolute Gasteiger partial charge is 0.493 e. The number of halogens is 1. The summed E-state index contributed by atoms with van der Waals surface area (Å²) < 4.78 is 11.6. The highest BCUT2D eigenvalue weighted by Gasteiger charge is 2.24. The molecule has 0 radical (unpaired) electrons. The number of methoxy groups -OCH3 is 1. The van der Waals surface area contributed by atoms with E-state index in [0.717, 1.165) is 16.8 Å². The molecule has 28 heavy (non-hydrogen) atoms. The Morgan fingerprint density at radius 1 is 1.36 bits per heavy atom. The number of aliphatic imine (C=N–C) groups is 1. The summed E-state index contributed by atoms with van der Waals surface area (Å²) in [6.45, 7) is 2.13. The molecule has 0 saturated carbocycles. The van der Waals surface area contributed by atoms with E-state index in [0.29, 0.717) is 26.0 Å². The molecule has 142 valence electrons. The molecular weight excluding hydrogens is 440 g/mol. The van der Waals surface area contributed by atoms with E-state index < -0.39 is 0 Å². The number of nitrogens with zero attached hydrogens (tertiary/aromatic N) is 1. The number of ether oxygens (including phenoxy) is 2. The lowest BCUT2D eigenvalue weighted by Crippen LogP contribution is -2.19. The molecule has 0 bridgehead atoms. The van der Waals surface area contributed by atoms with Crippen LogP contribution in [-0.4, -0.2) is 24.8 Å². The Morgan fingerprint density at radius 2 is 2.18 bits per heavy atom. The highest BCUT2D eigenvalue weighted by Crippen LogP contribution is 2.38. The van der Waals surface area contributed by atoms with Crippen LogP contribution in [0.4, 0.5) is 5.69 Å². The van der Waals surface area contributed by atoms with E-state index in [2.05, 4.69) is 32.2 Å².